The van der Waals surface area contributed by atoms with Gasteiger partial charge in [-0.25, -0.2) is 8.42 Å². The number of hydrogen-bond acceptors (Lipinski definition) is 6. The summed E-state index contributed by atoms with van der Waals surface area (Å²) in [4.78, 5) is 39.5. The van der Waals surface area contributed by atoms with E-state index in [0.29, 0.717) is 17.0 Å². The summed E-state index contributed by atoms with van der Waals surface area (Å²) in [7, 11) is -4.37. The summed E-state index contributed by atoms with van der Waals surface area (Å²) in [5, 5.41) is 15.0. The molecule has 0 aliphatic rings. The van der Waals surface area contributed by atoms with E-state index in [1.54, 1.807) is 25.1 Å². The molecule has 0 unspecified atom stereocenters. The number of nitrogens with zero attached hydrogens (tertiary/aromatic N) is 3. The quantitative estimate of drug-likeness (QED) is 0.186. The van der Waals surface area contributed by atoms with Crippen LogP contribution < -0.4 is 9.62 Å². The van der Waals surface area contributed by atoms with Gasteiger partial charge in [-0.05, 0) is 55.7 Å². The highest BCUT2D eigenvalue weighted by Gasteiger charge is 2.34. The van der Waals surface area contributed by atoms with Crippen molar-refractivity contribution in [2.75, 3.05) is 10.8 Å². The van der Waals surface area contributed by atoms with Gasteiger partial charge in [-0.15, -0.1) is 0 Å². The Hall–Kier alpha value is -3.67. The van der Waals surface area contributed by atoms with Crippen LogP contribution >= 0.6 is 23.2 Å². The molecule has 0 saturated heterocycles. The van der Waals surface area contributed by atoms with Crippen LogP contribution in [0.25, 0.3) is 0 Å². The Morgan fingerprint density at radius 3 is 2.26 bits per heavy atom. The van der Waals surface area contributed by atoms with Crippen LogP contribution in [-0.2, 0) is 26.2 Å². The highest BCUT2D eigenvalue weighted by Crippen LogP contribution is 2.29. The molecule has 3 aromatic carbocycles. The third-order valence-corrected chi connectivity index (χ3v) is 9.06. The van der Waals surface area contributed by atoms with E-state index in [1.165, 1.54) is 53.4 Å². The number of nitro benzene ring substituents is 1. The lowest BCUT2D eigenvalue weighted by Gasteiger charge is -2.34. The van der Waals surface area contributed by atoms with Gasteiger partial charge in [-0.3, -0.25) is 24.0 Å². The largest absolute Gasteiger partial charge is 0.352 e. The van der Waals surface area contributed by atoms with Crippen molar-refractivity contribution in [2.45, 2.75) is 57.1 Å². The molecule has 0 aliphatic heterocycles. The Bertz CT molecular complexity index is 1540. The van der Waals surface area contributed by atoms with E-state index in [-0.39, 0.29) is 40.3 Å². The summed E-state index contributed by atoms with van der Waals surface area (Å²) in [6.45, 7) is 4.63. The van der Waals surface area contributed by atoms with Crippen LogP contribution in [0.3, 0.4) is 0 Å². The van der Waals surface area contributed by atoms with Crippen LogP contribution in [0.1, 0.15) is 39.2 Å². The van der Waals surface area contributed by atoms with E-state index in [4.69, 9.17) is 23.2 Å². The molecule has 13 heteroatoms. The molecule has 1 N–H and O–H groups in total. The fraction of sp³-hybridized carbons (Fsp3) is 0.310. The van der Waals surface area contributed by atoms with Gasteiger partial charge in [0, 0.05) is 34.8 Å². The lowest BCUT2D eigenvalue weighted by Crippen LogP contribution is -2.53. The van der Waals surface area contributed by atoms with E-state index < -0.39 is 39.3 Å². The van der Waals surface area contributed by atoms with Crippen LogP contribution in [0.4, 0.5) is 11.4 Å². The van der Waals surface area contributed by atoms with Crippen molar-refractivity contribution in [1.29, 1.82) is 0 Å². The smallest absolute Gasteiger partial charge is 0.271 e. The number of amides is 2. The van der Waals surface area contributed by atoms with Gasteiger partial charge in [-0.1, -0.05) is 67.4 Å². The van der Waals surface area contributed by atoms with Crippen molar-refractivity contribution in [3.05, 3.63) is 98.5 Å². The SMILES string of the molecule is CC[C@H](C(=O)N[C@@H](C)CC)N(Cc1ccc(Cl)cc1Cl)C(=O)CN(c1cccc([N+](=O)[O-])c1)S(=O)(=O)c1ccccc1. The predicted molar refractivity (Wildman–Crippen MR) is 163 cm³/mol. The third kappa shape index (κ3) is 7.99. The molecule has 2 atom stereocenters. The van der Waals surface area contributed by atoms with Gasteiger partial charge in [0.25, 0.3) is 15.7 Å². The first kappa shape index (κ1) is 32.8. The Balaban J connectivity index is 2.11. The monoisotopic (exact) mass is 634 g/mol. The van der Waals surface area contributed by atoms with Crippen molar-refractivity contribution in [3.63, 3.8) is 0 Å². The fourth-order valence-electron chi connectivity index (χ4n) is 4.20. The molecule has 0 spiro atoms. The van der Waals surface area contributed by atoms with E-state index in [0.717, 1.165) is 10.4 Å². The number of rotatable bonds is 13. The molecule has 224 valence electrons. The van der Waals surface area contributed by atoms with E-state index in [9.17, 15) is 28.1 Å². The first-order valence-electron chi connectivity index (χ1n) is 13.2. The number of carbonyl (C=O) groups is 2. The zero-order valence-electron chi connectivity index (χ0n) is 23.4. The van der Waals surface area contributed by atoms with Gasteiger partial charge >= 0.3 is 0 Å². The summed E-state index contributed by atoms with van der Waals surface area (Å²) >= 11 is 12.5. The molecule has 0 aromatic heterocycles. The highest BCUT2D eigenvalue weighted by molar-refractivity contribution is 7.92. The van der Waals surface area contributed by atoms with Gasteiger partial charge in [0.1, 0.15) is 12.6 Å². The van der Waals surface area contributed by atoms with Crippen LogP contribution in [0, 0.1) is 10.1 Å². The second-order valence-corrected chi connectivity index (χ2v) is 12.3. The minimum Gasteiger partial charge on any atom is -0.352 e. The Kier molecular flexibility index (Phi) is 11.3. The molecule has 42 heavy (non-hydrogen) atoms. The molecule has 0 aliphatic carbocycles. The topological polar surface area (TPSA) is 130 Å². The van der Waals surface area contributed by atoms with Crippen molar-refractivity contribution in [3.8, 4) is 0 Å². The van der Waals surface area contributed by atoms with Gasteiger partial charge in [0.2, 0.25) is 11.8 Å². The molecule has 0 saturated carbocycles. The highest BCUT2D eigenvalue weighted by atomic mass is 35.5. The standard InChI is InChI=1S/C29H32Cl2N4O6S/c1-4-20(3)32-29(37)27(5-2)33(18-21-14-15-22(30)16-26(21)31)28(36)19-34(23-10-9-11-24(17-23)35(38)39)42(40,41)25-12-7-6-8-13-25/h6-17,20,27H,4-5,18-19H2,1-3H3,(H,32,37)/t20-,27+/m0/s1. The van der Waals surface area contributed by atoms with Gasteiger partial charge < -0.3 is 10.2 Å². The van der Waals surface area contributed by atoms with Crippen LogP contribution in [0.5, 0.6) is 0 Å². The summed E-state index contributed by atoms with van der Waals surface area (Å²) < 4.78 is 28.5. The van der Waals surface area contributed by atoms with E-state index >= 15 is 0 Å². The Morgan fingerprint density at radius 1 is 0.976 bits per heavy atom. The van der Waals surface area contributed by atoms with Crippen LogP contribution in [-0.4, -0.2) is 48.7 Å². The molecule has 0 radical (unpaired) electrons. The molecule has 0 fully saturated rings. The number of anilines is 1. The van der Waals surface area contributed by atoms with Crippen LogP contribution in [0.15, 0.2) is 77.7 Å². The van der Waals surface area contributed by atoms with Crippen molar-refractivity contribution in [1.82, 2.24) is 10.2 Å². The van der Waals surface area contributed by atoms with Crippen molar-refractivity contribution < 1.29 is 22.9 Å². The van der Waals surface area contributed by atoms with Crippen LogP contribution in [0.2, 0.25) is 10.0 Å². The zero-order valence-corrected chi connectivity index (χ0v) is 25.7. The van der Waals surface area contributed by atoms with E-state index in [2.05, 4.69) is 5.32 Å². The molecular formula is C29H32Cl2N4O6S. The molecule has 0 bridgehead atoms. The first-order chi connectivity index (χ1) is 19.9. The van der Waals surface area contributed by atoms with Gasteiger partial charge in [0.15, 0.2) is 0 Å². The van der Waals surface area contributed by atoms with Crippen molar-refractivity contribution >= 4 is 56.4 Å². The third-order valence-electron chi connectivity index (χ3n) is 6.68. The minimum atomic E-state index is -4.37. The minimum absolute atomic E-state index is 0.0806. The van der Waals surface area contributed by atoms with Gasteiger partial charge in [0.05, 0.1) is 15.5 Å². The number of carbonyl (C=O) groups excluding carboxylic acids is 2. The zero-order chi connectivity index (χ0) is 31.0. The number of halogens is 2. The summed E-state index contributed by atoms with van der Waals surface area (Å²) in [5.74, 6) is -1.11. The average Bonchev–Trinajstić information content (AvgIpc) is 2.97. The predicted octanol–water partition coefficient (Wildman–Crippen LogP) is 5.82. The molecule has 3 aromatic rings. The lowest BCUT2D eigenvalue weighted by atomic mass is 10.1. The maximum Gasteiger partial charge on any atom is 0.271 e. The molecular weight excluding hydrogens is 603 g/mol. The normalized spacial score (nSPS) is 12.7. The Labute approximate surface area is 255 Å². The molecule has 3 rings (SSSR count). The summed E-state index contributed by atoms with van der Waals surface area (Å²) in [6, 6.07) is 16.0. The Morgan fingerprint density at radius 2 is 1.67 bits per heavy atom. The maximum atomic E-state index is 14.1. The van der Waals surface area contributed by atoms with Crippen molar-refractivity contribution in [2.24, 2.45) is 0 Å². The number of nitrogens with one attached hydrogen (secondary N) is 1. The summed E-state index contributed by atoms with van der Waals surface area (Å²) in [5.41, 5.74) is 0.0670. The maximum absolute atomic E-state index is 14.1. The molecule has 2 amide bonds. The lowest BCUT2D eigenvalue weighted by molar-refractivity contribution is -0.384. The van der Waals surface area contributed by atoms with E-state index in [1.807, 2.05) is 13.8 Å². The number of benzene rings is 3. The number of sulfonamides is 1. The second-order valence-electron chi connectivity index (χ2n) is 9.60. The average molecular weight is 636 g/mol. The summed E-state index contributed by atoms with van der Waals surface area (Å²) in [6.07, 6.45) is 0.885. The molecule has 0 heterocycles. The first-order valence-corrected chi connectivity index (χ1v) is 15.4. The molecule has 10 nitrogen and oxygen atoms in total. The number of hydrogen-bond donors (Lipinski definition) is 1. The second kappa shape index (κ2) is 14.5. The number of non-ortho nitro benzene ring substituents is 1. The van der Waals surface area contributed by atoms with Gasteiger partial charge in [-0.2, -0.15) is 0 Å². The fourth-order valence-corrected chi connectivity index (χ4v) is 6.10. The number of nitro groups is 1.